The van der Waals surface area contributed by atoms with Crippen molar-refractivity contribution in [2.75, 3.05) is 19.0 Å². The lowest BCUT2D eigenvalue weighted by atomic mass is 9.81. The first kappa shape index (κ1) is 21.5. The summed E-state index contributed by atoms with van der Waals surface area (Å²) in [6.45, 7) is 6.27. The van der Waals surface area contributed by atoms with Gasteiger partial charge in [-0.05, 0) is 36.5 Å². The molecule has 0 fully saturated rings. The summed E-state index contributed by atoms with van der Waals surface area (Å²) < 4.78 is 43.3. The van der Waals surface area contributed by atoms with E-state index >= 15 is 0 Å². The quantitative estimate of drug-likeness (QED) is 0.490. The van der Waals surface area contributed by atoms with E-state index in [9.17, 15) is 13.2 Å². The lowest BCUT2D eigenvalue weighted by Crippen LogP contribution is -2.33. The van der Waals surface area contributed by atoms with E-state index in [1.807, 2.05) is 20.8 Å². The molecule has 3 N–H and O–H groups in total. The van der Waals surface area contributed by atoms with E-state index in [1.165, 1.54) is 12.1 Å². The zero-order valence-corrected chi connectivity index (χ0v) is 16.4. The molecule has 2 aromatic rings. The number of anilines is 1. The van der Waals surface area contributed by atoms with Crippen molar-refractivity contribution in [1.82, 2.24) is 10.3 Å². The number of benzene rings is 1. The van der Waals surface area contributed by atoms with Crippen molar-refractivity contribution in [2.24, 2.45) is 0 Å². The molecule has 28 heavy (non-hydrogen) atoms. The van der Waals surface area contributed by atoms with E-state index in [2.05, 4.69) is 15.6 Å². The Hall–Kier alpha value is -2.77. The second-order valence-electron chi connectivity index (χ2n) is 7.17. The molecule has 0 atom stereocenters. The summed E-state index contributed by atoms with van der Waals surface area (Å²) in [5, 5.41) is 13.8. The number of alkyl halides is 3. The molecular formula is C20H25F3N4O. The van der Waals surface area contributed by atoms with Crippen LogP contribution in [0.4, 0.5) is 19.0 Å². The molecular weight excluding hydrogens is 369 g/mol. The largest absolute Gasteiger partial charge is 0.496 e. The number of methoxy groups -OCH3 is 1. The maximum Gasteiger partial charge on any atom is 0.416 e. The van der Waals surface area contributed by atoms with Gasteiger partial charge in [-0.25, -0.2) is 4.98 Å². The number of nitrogens with one attached hydrogen (secondary N) is 3. The second-order valence-corrected chi connectivity index (χ2v) is 7.17. The minimum absolute atomic E-state index is 0.0848. The zero-order valence-electron chi connectivity index (χ0n) is 16.4. The summed E-state index contributed by atoms with van der Waals surface area (Å²) in [5.41, 5.74) is 0.706. The van der Waals surface area contributed by atoms with Crippen molar-refractivity contribution in [3.63, 3.8) is 0 Å². The van der Waals surface area contributed by atoms with Crippen molar-refractivity contribution in [2.45, 2.75) is 38.8 Å². The Morgan fingerprint density at radius 1 is 1.14 bits per heavy atom. The SMILES string of the molecule is COc1cc(NC(=N)NCCC(C)(C)c2ccc(C(F)(F)F)cc2)ncc1C. The van der Waals surface area contributed by atoms with Crippen LogP contribution >= 0.6 is 0 Å². The Morgan fingerprint density at radius 3 is 2.32 bits per heavy atom. The highest BCUT2D eigenvalue weighted by Gasteiger charge is 2.31. The van der Waals surface area contributed by atoms with Gasteiger partial charge >= 0.3 is 6.18 Å². The fraction of sp³-hybridized carbons (Fsp3) is 0.400. The van der Waals surface area contributed by atoms with Gasteiger partial charge in [0.1, 0.15) is 11.6 Å². The third-order valence-corrected chi connectivity index (χ3v) is 4.57. The molecule has 0 aliphatic heterocycles. The normalized spacial score (nSPS) is 11.8. The molecule has 0 aliphatic rings. The molecule has 8 heteroatoms. The lowest BCUT2D eigenvalue weighted by Gasteiger charge is -2.26. The predicted octanol–water partition coefficient (Wildman–Crippen LogP) is 4.72. The highest BCUT2D eigenvalue weighted by Crippen LogP contribution is 2.32. The van der Waals surface area contributed by atoms with Crippen LogP contribution in [0, 0.1) is 12.3 Å². The second kappa shape index (κ2) is 8.50. The van der Waals surface area contributed by atoms with Gasteiger partial charge in [-0.1, -0.05) is 26.0 Å². The lowest BCUT2D eigenvalue weighted by molar-refractivity contribution is -0.137. The molecule has 0 spiro atoms. The Bertz CT molecular complexity index is 817. The minimum Gasteiger partial charge on any atom is -0.496 e. The summed E-state index contributed by atoms with van der Waals surface area (Å²) in [4.78, 5) is 4.20. The number of rotatable bonds is 6. The number of pyridine rings is 1. The smallest absolute Gasteiger partial charge is 0.416 e. The number of aromatic nitrogens is 1. The number of guanidine groups is 1. The topological polar surface area (TPSA) is 70.0 Å². The molecule has 0 amide bonds. The van der Waals surface area contributed by atoms with Crippen LogP contribution in [0.2, 0.25) is 0 Å². The van der Waals surface area contributed by atoms with Gasteiger partial charge < -0.3 is 15.4 Å². The molecule has 0 radical (unpaired) electrons. The van der Waals surface area contributed by atoms with E-state index < -0.39 is 11.7 Å². The monoisotopic (exact) mass is 394 g/mol. The molecule has 2 rings (SSSR count). The highest BCUT2D eigenvalue weighted by molar-refractivity contribution is 5.90. The molecule has 0 aliphatic carbocycles. The molecule has 0 bridgehead atoms. The standard InChI is InChI=1S/C20H25F3N4O/c1-13-12-26-17(11-16(13)28-4)27-18(24)25-10-9-19(2,3)14-5-7-15(8-6-14)20(21,22)23/h5-8,11-12H,9-10H2,1-4H3,(H3,24,25,26,27). The number of halogens is 3. The van der Waals surface area contributed by atoms with E-state index in [0.717, 1.165) is 23.3 Å². The van der Waals surface area contributed by atoms with Crippen LogP contribution in [0.3, 0.4) is 0 Å². The first-order chi connectivity index (χ1) is 13.0. The zero-order chi connectivity index (χ0) is 20.9. The number of aryl methyl sites for hydroxylation is 1. The van der Waals surface area contributed by atoms with Crippen LogP contribution in [0.25, 0.3) is 0 Å². The number of hydrogen-bond acceptors (Lipinski definition) is 3. The Morgan fingerprint density at radius 2 is 1.75 bits per heavy atom. The summed E-state index contributed by atoms with van der Waals surface area (Å²) >= 11 is 0. The van der Waals surface area contributed by atoms with Crippen molar-refractivity contribution in [3.8, 4) is 5.75 Å². The van der Waals surface area contributed by atoms with Crippen LogP contribution in [-0.4, -0.2) is 24.6 Å². The fourth-order valence-corrected chi connectivity index (χ4v) is 2.72. The Kier molecular flexibility index (Phi) is 6.53. The predicted molar refractivity (Wildman–Crippen MR) is 104 cm³/mol. The molecule has 1 aromatic carbocycles. The van der Waals surface area contributed by atoms with E-state index in [-0.39, 0.29) is 11.4 Å². The molecule has 5 nitrogen and oxygen atoms in total. The van der Waals surface area contributed by atoms with Crippen LogP contribution in [0.1, 0.15) is 37.0 Å². The van der Waals surface area contributed by atoms with Gasteiger partial charge in [0.05, 0.1) is 12.7 Å². The van der Waals surface area contributed by atoms with Crippen LogP contribution < -0.4 is 15.4 Å². The van der Waals surface area contributed by atoms with Gasteiger partial charge in [0.2, 0.25) is 0 Å². The van der Waals surface area contributed by atoms with Crippen molar-refractivity contribution in [3.05, 3.63) is 53.2 Å². The molecule has 1 aromatic heterocycles. The van der Waals surface area contributed by atoms with Gasteiger partial charge in [0, 0.05) is 24.4 Å². The number of nitrogens with zero attached hydrogens (tertiary/aromatic N) is 1. The summed E-state index contributed by atoms with van der Waals surface area (Å²) in [6, 6.07) is 6.93. The van der Waals surface area contributed by atoms with E-state index in [0.29, 0.717) is 24.5 Å². The van der Waals surface area contributed by atoms with Gasteiger partial charge in [-0.15, -0.1) is 0 Å². The maximum absolute atomic E-state index is 12.7. The summed E-state index contributed by atoms with van der Waals surface area (Å²) in [6.07, 6.45) is -2.05. The van der Waals surface area contributed by atoms with Crippen LogP contribution in [0.15, 0.2) is 36.5 Å². The Balaban J connectivity index is 1.89. The first-order valence-electron chi connectivity index (χ1n) is 8.81. The minimum atomic E-state index is -4.34. The van der Waals surface area contributed by atoms with E-state index in [4.69, 9.17) is 10.1 Å². The molecule has 152 valence electrons. The van der Waals surface area contributed by atoms with E-state index in [1.54, 1.807) is 19.4 Å². The number of ether oxygens (including phenoxy) is 1. The number of hydrogen-bond donors (Lipinski definition) is 3. The Labute approximate surface area is 162 Å². The van der Waals surface area contributed by atoms with Crippen LogP contribution in [-0.2, 0) is 11.6 Å². The van der Waals surface area contributed by atoms with Gasteiger partial charge in [-0.2, -0.15) is 13.2 Å². The third-order valence-electron chi connectivity index (χ3n) is 4.57. The third kappa shape index (κ3) is 5.61. The van der Waals surface area contributed by atoms with Crippen molar-refractivity contribution >= 4 is 11.8 Å². The highest BCUT2D eigenvalue weighted by atomic mass is 19.4. The molecule has 0 unspecified atom stereocenters. The van der Waals surface area contributed by atoms with Crippen LogP contribution in [0.5, 0.6) is 5.75 Å². The molecule has 0 saturated heterocycles. The maximum atomic E-state index is 12.7. The summed E-state index contributed by atoms with van der Waals surface area (Å²) in [5.74, 6) is 1.25. The molecule has 1 heterocycles. The van der Waals surface area contributed by atoms with Gasteiger partial charge in [-0.3, -0.25) is 5.41 Å². The average molecular weight is 394 g/mol. The summed E-state index contributed by atoms with van der Waals surface area (Å²) in [7, 11) is 1.57. The van der Waals surface area contributed by atoms with Gasteiger partial charge in [0.25, 0.3) is 0 Å². The van der Waals surface area contributed by atoms with Crippen molar-refractivity contribution in [1.29, 1.82) is 5.41 Å². The van der Waals surface area contributed by atoms with Crippen molar-refractivity contribution < 1.29 is 17.9 Å². The average Bonchev–Trinajstić information content (AvgIpc) is 2.62. The fourth-order valence-electron chi connectivity index (χ4n) is 2.72. The first-order valence-corrected chi connectivity index (χ1v) is 8.81. The van der Waals surface area contributed by atoms with Gasteiger partial charge in [0.15, 0.2) is 5.96 Å². The molecule has 0 saturated carbocycles.